The predicted octanol–water partition coefficient (Wildman–Crippen LogP) is 4.36. The van der Waals surface area contributed by atoms with E-state index in [2.05, 4.69) is 20.3 Å². The van der Waals surface area contributed by atoms with Crippen molar-refractivity contribution in [3.05, 3.63) is 78.4 Å². The van der Waals surface area contributed by atoms with Crippen LogP contribution < -0.4 is 10.1 Å². The number of anilines is 2. The SMILES string of the molecule is Cc1cc(Nc2ncnc3ccccc23)ccc1Oc1ccc(CO)nc1. The maximum absolute atomic E-state index is 9.06. The Morgan fingerprint density at radius 3 is 2.67 bits per heavy atom. The third-order valence-corrected chi connectivity index (χ3v) is 4.17. The zero-order chi connectivity index (χ0) is 18.6. The molecule has 0 unspecified atom stereocenters. The van der Waals surface area contributed by atoms with Crippen molar-refractivity contribution in [2.45, 2.75) is 13.5 Å². The summed E-state index contributed by atoms with van der Waals surface area (Å²) >= 11 is 0. The molecule has 0 aliphatic carbocycles. The zero-order valence-electron chi connectivity index (χ0n) is 14.8. The fraction of sp³-hybridized carbons (Fsp3) is 0.0952. The number of para-hydroxylation sites is 1. The maximum Gasteiger partial charge on any atom is 0.145 e. The Hall–Kier alpha value is -3.51. The Morgan fingerprint density at radius 2 is 1.89 bits per heavy atom. The number of pyridine rings is 1. The van der Waals surface area contributed by atoms with Crippen molar-refractivity contribution >= 4 is 22.4 Å². The van der Waals surface area contributed by atoms with Crippen molar-refractivity contribution in [1.29, 1.82) is 0 Å². The van der Waals surface area contributed by atoms with Crippen LogP contribution >= 0.6 is 0 Å². The molecule has 4 aromatic rings. The van der Waals surface area contributed by atoms with Crippen LogP contribution in [0.1, 0.15) is 11.3 Å². The van der Waals surface area contributed by atoms with Gasteiger partial charge >= 0.3 is 0 Å². The molecule has 0 aliphatic rings. The minimum atomic E-state index is -0.0859. The lowest BCUT2D eigenvalue weighted by Gasteiger charge is -2.12. The lowest BCUT2D eigenvalue weighted by atomic mass is 10.2. The highest BCUT2D eigenvalue weighted by molar-refractivity contribution is 5.90. The molecule has 2 aromatic heterocycles. The minimum Gasteiger partial charge on any atom is -0.455 e. The molecule has 0 saturated carbocycles. The third kappa shape index (κ3) is 3.70. The predicted molar refractivity (Wildman–Crippen MR) is 104 cm³/mol. The molecule has 0 bridgehead atoms. The summed E-state index contributed by atoms with van der Waals surface area (Å²) < 4.78 is 5.89. The molecule has 0 aliphatic heterocycles. The lowest BCUT2D eigenvalue weighted by molar-refractivity contribution is 0.276. The number of aryl methyl sites for hydroxylation is 1. The topological polar surface area (TPSA) is 80.2 Å². The standard InChI is InChI=1S/C21H18N4O2/c1-14-10-15(25-21-18-4-2-3-5-19(18)23-13-24-21)7-9-20(14)27-17-8-6-16(12-26)22-11-17/h2-11,13,26H,12H2,1H3,(H,23,24,25). The van der Waals surface area contributed by atoms with Crippen molar-refractivity contribution in [1.82, 2.24) is 15.0 Å². The summed E-state index contributed by atoms with van der Waals surface area (Å²) in [6, 6.07) is 17.2. The Morgan fingerprint density at radius 1 is 1.00 bits per heavy atom. The van der Waals surface area contributed by atoms with E-state index in [0.29, 0.717) is 11.4 Å². The van der Waals surface area contributed by atoms with E-state index >= 15 is 0 Å². The molecule has 2 aromatic carbocycles. The lowest BCUT2D eigenvalue weighted by Crippen LogP contribution is -1.97. The van der Waals surface area contributed by atoms with Gasteiger partial charge in [0.25, 0.3) is 0 Å². The number of aliphatic hydroxyl groups excluding tert-OH is 1. The van der Waals surface area contributed by atoms with Gasteiger partial charge in [-0.25, -0.2) is 9.97 Å². The van der Waals surface area contributed by atoms with Gasteiger partial charge in [-0.1, -0.05) is 12.1 Å². The number of fused-ring (bicyclic) bond motifs is 1. The molecular formula is C21H18N4O2. The number of aliphatic hydroxyl groups is 1. The summed E-state index contributed by atoms with van der Waals surface area (Å²) in [5.74, 6) is 2.13. The Bertz CT molecular complexity index is 1080. The fourth-order valence-electron chi connectivity index (χ4n) is 2.77. The molecule has 0 fully saturated rings. The molecule has 0 radical (unpaired) electrons. The number of aromatic nitrogens is 3. The number of benzene rings is 2. The molecule has 2 heterocycles. The van der Waals surface area contributed by atoms with Gasteiger partial charge in [0.15, 0.2) is 0 Å². The second-order valence-corrected chi connectivity index (χ2v) is 6.09. The highest BCUT2D eigenvalue weighted by Crippen LogP contribution is 2.29. The van der Waals surface area contributed by atoms with Crippen molar-refractivity contribution in [2.75, 3.05) is 5.32 Å². The molecule has 0 amide bonds. The van der Waals surface area contributed by atoms with E-state index < -0.39 is 0 Å². The second-order valence-electron chi connectivity index (χ2n) is 6.09. The van der Waals surface area contributed by atoms with Crippen LogP contribution in [0.5, 0.6) is 11.5 Å². The molecule has 6 nitrogen and oxygen atoms in total. The number of hydrogen-bond donors (Lipinski definition) is 2. The number of ether oxygens (including phenoxy) is 1. The van der Waals surface area contributed by atoms with Crippen LogP contribution in [0.15, 0.2) is 67.1 Å². The van der Waals surface area contributed by atoms with Gasteiger partial charge in [0.1, 0.15) is 23.6 Å². The van der Waals surface area contributed by atoms with E-state index in [1.54, 1.807) is 24.7 Å². The van der Waals surface area contributed by atoms with Crippen LogP contribution in [-0.2, 0) is 6.61 Å². The summed E-state index contributed by atoms with van der Waals surface area (Å²) in [4.78, 5) is 12.8. The summed E-state index contributed by atoms with van der Waals surface area (Å²) in [6.07, 6.45) is 3.15. The molecule has 134 valence electrons. The van der Waals surface area contributed by atoms with Crippen LogP contribution in [-0.4, -0.2) is 20.1 Å². The highest BCUT2D eigenvalue weighted by atomic mass is 16.5. The van der Waals surface area contributed by atoms with Crippen LogP contribution in [0.3, 0.4) is 0 Å². The Balaban J connectivity index is 1.56. The van der Waals surface area contributed by atoms with Gasteiger partial charge in [0.05, 0.1) is 24.0 Å². The minimum absolute atomic E-state index is 0.0859. The maximum atomic E-state index is 9.06. The van der Waals surface area contributed by atoms with Crippen LogP contribution in [0.2, 0.25) is 0 Å². The van der Waals surface area contributed by atoms with Crippen molar-refractivity contribution in [3.63, 3.8) is 0 Å². The van der Waals surface area contributed by atoms with Crippen molar-refractivity contribution < 1.29 is 9.84 Å². The first-order chi connectivity index (χ1) is 13.2. The van der Waals surface area contributed by atoms with Gasteiger partial charge < -0.3 is 15.2 Å². The summed E-state index contributed by atoms with van der Waals surface area (Å²) in [7, 11) is 0. The van der Waals surface area contributed by atoms with Crippen LogP contribution in [0.25, 0.3) is 10.9 Å². The molecule has 6 heteroatoms. The van der Waals surface area contributed by atoms with E-state index in [4.69, 9.17) is 9.84 Å². The fourth-order valence-corrected chi connectivity index (χ4v) is 2.77. The zero-order valence-corrected chi connectivity index (χ0v) is 14.8. The van der Waals surface area contributed by atoms with E-state index in [9.17, 15) is 0 Å². The third-order valence-electron chi connectivity index (χ3n) is 4.17. The highest BCUT2D eigenvalue weighted by Gasteiger charge is 2.07. The summed E-state index contributed by atoms with van der Waals surface area (Å²) in [5.41, 5.74) is 3.39. The van der Waals surface area contributed by atoms with E-state index in [-0.39, 0.29) is 6.61 Å². The normalized spacial score (nSPS) is 10.7. The number of hydrogen-bond acceptors (Lipinski definition) is 6. The molecule has 27 heavy (non-hydrogen) atoms. The van der Waals surface area contributed by atoms with E-state index in [0.717, 1.165) is 33.7 Å². The molecular weight excluding hydrogens is 340 g/mol. The Labute approximate surface area is 156 Å². The smallest absolute Gasteiger partial charge is 0.145 e. The van der Waals surface area contributed by atoms with Gasteiger partial charge in [-0.05, 0) is 55.0 Å². The molecule has 0 atom stereocenters. The first kappa shape index (κ1) is 16.9. The average molecular weight is 358 g/mol. The number of nitrogens with zero attached hydrogens (tertiary/aromatic N) is 3. The van der Waals surface area contributed by atoms with E-state index in [1.807, 2.05) is 49.4 Å². The summed E-state index contributed by atoms with van der Waals surface area (Å²) in [6.45, 7) is 1.89. The van der Waals surface area contributed by atoms with E-state index in [1.165, 1.54) is 0 Å². The second kappa shape index (κ2) is 7.39. The average Bonchev–Trinajstić information content (AvgIpc) is 2.71. The number of nitrogens with one attached hydrogen (secondary N) is 1. The van der Waals surface area contributed by atoms with Crippen molar-refractivity contribution in [2.24, 2.45) is 0 Å². The van der Waals surface area contributed by atoms with Gasteiger partial charge in [-0.15, -0.1) is 0 Å². The first-order valence-electron chi connectivity index (χ1n) is 8.54. The van der Waals surface area contributed by atoms with Crippen LogP contribution in [0.4, 0.5) is 11.5 Å². The Kier molecular flexibility index (Phi) is 4.63. The van der Waals surface area contributed by atoms with Gasteiger partial charge in [-0.3, -0.25) is 4.98 Å². The van der Waals surface area contributed by atoms with Gasteiger partial charge in [-0.2, -0.15) is 0 Å². The van der Waals surface area contributed by atoms with Crippen LogP contribution in [0, 0.1) is 6.92 Å². The largest absolute Gasteiger partial charge is 0.455 e. The number of rotatable bonds is 5. The quantitative estimate of drug-likeness (QED) is 0.552. The summed E-state index contributed by atoms with van der Waals surface area (Å²) in [5, 5.41) is 13.4. The molecule has 0 spiro atoms. The molecule has 0 saturated heterocycles. The first-order valence-corrected chi connectivity index (χ1v) is 8.54. The molecule has 4 rings (SSSR count). The molecule has 2 N–H and O–H groups in total. The van der Waals surface area contributed by atoms with Gasteiger partial charge in [0, 0.05) is 11.1 Å². The monoisotopic (exact) mass is 358 g/mol. The van der Waals surface area contributed by atoms with Gasteiger partial charge in [0.2, 0.25) is 0 Å². The van der Waals surface area contributed by atoms with Crippen molar-refractivity contribution in [3.8, 4) is 11.5 Å².